The van der Waals surface area contributed by atoms with Crippen LogP contribution in [0, 0.1) is 5.82 Å². The van der Waals surface area contributed by atoms with Gasteiger partial charge in [0, 0.05) is 4.47 Å². The molecule has 3 rings (SSSR count). The average molecular weight is 376 g/mol. The summed E-state index contributed by atoms with van der Waals surface area (Å²) in [7, 11) is 0. The van der Waals surface area contributed by atoms with Gasteiger partial charge < -0.3 is 10.1 Å². The smallest absolute Gasteiger partial charge is 0.262 e. The molecule has 2 aromatic carbocycles. The van der Waals surface area contributed by atoms with E-state index in [0.29, 0.717) is 9.99 Å². The largest absolute Gasteiger partial charge is 0.466 e. The lowest BCUT2D eigenvalue weighted by atomic mass is 10.3. The van der Waals surface area contributed by atoms with Crippen molar-refractivity contribution in [3.8, 4) is 5.88 Å². The standard InChI is InChI=1S/C16H11BrFN3O2/c17-10-5-6-12(11(18)7-10)20-15(22)9-23-16-8-19-13-3-1-2-4-14(13)21-16/h1-8H,9H2,(H,20,22). The number of hydrogen-bond acceptors (Lipinski definition) is 4. The van der Waals surface area contributed by atoms with Crippen LogP contribution in [-0.2, 0) is 4.79 Å². The number of ether oxygens (including phenoxy) is 1. The summed E-state index contributed by atoms with van der Waals surface area (Å²) in [5, 5.41) is 2.44. The minimum atomic E-state index is -0.529. The number of aromatic nitrogens is 2. The summed E-state index contributed by atoms with van der Waals surface area (Å²) in [5.41, 5.74) is 1.50. The maximum Gasteiger partial charge on any atom is 0.262 e. The van der Waals surface area contributed by atoms with Crippen molar-refractivity contribution in [3.63, 3.8) is 0 Å². The van der Waals surface area contributed by atoms with Gasteiger partial charge in [0.05, 0.1) is 22.9 Å². The molecule has 0 saturated carbocycles. The van der Waals surface area contributed by atoms with Gasteiger partial charge in [0.2, 0.25) is 5.88 Å². The average Bonchev–Trinajstić information content (AvgIpc) is 2.55. The van der Waals surface area contributed by atoms with E-state index in [1.807, 2.05) is 18.2 Å². The minimum absolute atomic E-state index is 0.0893. The second-order valence-corrected chi connectivity index (χ2v) is 5.57. The van der Waals surface area contributed by atoms with E-state index in [2.05, 4.69) is 31.2 Å². The van der Waals surface area contributed by atoms with Gasteiger partial charge in [-0.05, 0) is 30.3 Å². The Labute approximate surface area is 139 Å². The van der Waals surface area contributed by atoms with Crippen LogP contribution in [0.25, 0.3) is 11.0 Å². The molecular formula is C16H11BrFN3O2. The zero-order chi connectivity index (χ0) is 16.2. The zero-order valence-corrected chi connectivity index (χ0v) is 13.4. The monoisotopic (exact) mass is 375 g/mol. The fraction of sp³-hybridized carbons (Fsp3) is 0.0625. The minimum Gasteiger partial charge on any atom is -0.466 e. The number of nitrogens with zero attached hydrogens (tertiary/aromatic N) is 2. The highest BCUT2D eigenvalue weighted by atomic mass is 79.9. The number of anilines is 1. The van der Waals surface area contributed by atoms with Crippen molar-refractivity contribution in [1.29, 1.82) is 0 Å². The fourth-order valence-electron chi connectivity index (χ4n) is 1.93. The molecule has 0 saturated heterocycles. The normalized spacial score (nSPS) is 10.5. The number of rotatable bonds is 4. The zero-order valence-electron chi connectivity index (χ0n) is 11.8. The second-order valence-electron chi connectivity index (χ2n) is 4.66. The van der Waals surface area contributed by atoms with Crippen molar-refractivity contribution in [1.82, 2.24) is 9.97 Å². The second kappa shape index (κ2) is 6.70. The van der Waals surface area contributed by atoms with Crippen LogP contribution in [0.1, 0.15) is 0 Å². The molecule has 3 aromatic rings. The van der Waals surface area contributed by atoms with Gasteiger partial charge in [0.1, 0.15) is 5.82 Å². The van der Waals surface area contributed by atoms with Crippen LogP contribution in [0.4, 0.5) is 10.1 Å². The van der Waals surface area contributed by atoms with E-state index in [9.17, 15) is 9.18 Å². The molecule has 23 heavy (non-hydrogen) atoms. The van der Waals surface area contributed by atoms with Crippen molar-refractivity contribution >= 4 is 38.6 Å². The summed E-state index contributed by atoms with van der Waals surface area (Å²) in [6.45, 7) is -0.289. The summed E-state index contributed by atoms with van der Waals surface area (Å²) in [5.74, 6) is -0.783. The van der Waals surface area contributed by atoms with Crippen LogP contribution in [-0.4, -0.2) is 22.5 Å². The summed E-state index contributed by atoms with van der Waals surface area (Å²) >= 11 is 3.15. The van der Waals surface area contributed by atoms with Crippen LogP contribution < -0.4 is 10.1 Å². The van der Waals surface area contributed by atoms with Gasteiger partial charge in [-0.15, -0.1) is 0 Å². The molecule has 0 fully saturated rings. The van der Waals surface area contributed by atoms with Gasteiger partial charge in [-0.2, -0.15) is 0 Å². The van der Waals surface area contributed by atoms with Crippen LogP contribution >= 0.6 is 15.9 Å². The first kappa shape index (κ1) is 15.4. The van der Waals surface area contributed by atoms with Crippen LogP contribution in [0.2, 0.25) is 0 Å². The number of fused-ring (bicyclic) bond motifs is 1. The first-order valence-corrected chi connectivity index (χ1v) is 7.50. The Kier molecular flexibility index (Phi) is 4.47. The van der Waals surface area contributed by atoms with Crippen LogP contribution in [0.15, 0.2) is 53.1 Å². The number of carbonyl (C=O) groups is 1. The van der Waals surface area contributed by atoms with E-state index < -0.39 is 11.7 Å². The summed E-state index contributed by atoms with van der Waals surface area (Å²) in [6, 6.07) is 11.7. The van der Waals surface area contributed by atoms with Crippen molar-refractivity contribution in [3.05, 3.63) is 59.0 Å². The van der Waals surface area contributed by atoms with Crippen molar-refractivity contribution < 1.29 is 13.9 Å². The molecule has 1 heterocycles. The molecule has 7 heteroatoms. The number of benzene rings is 2. The molecule has 1 amide bonds. The van der Waals surface area contributed by atoms with E-state index >= 15 is 0 Å². The van der Waals surface area contributed by atoms with E-state index in [1.54, 1.807) is 12.1 Å². The Morgan fingerprint density at radius 2 is 2.00 bits per heavy atom. The lowest BCUT2D eigenvalue weighted by Crippen LogP contribution is -2.21. The Hall–Kier alpha value is -2.54. The quantitative estimate of drug-likeness (QED) is 0.757. The van der Waals surface area contributed by atoms with E-state index in [-0.39, 0.29) is 18.2 Å². The molecule has 0 bridgehead atoms. The molecule has 5 nitrogen and oxygen atoms in total. The lowest BCUT2D eigenvalue weighted by molar-refractivity contribution is -0.118. The van der Waals surface area contributed by atoms with E-state index in [4.69, 9.17) is 4.74 Å². The third kappa shape index (κ3) is 3.81. The Bertz CT molecular complexity index is 873. The highest BCUT2D eigenvalue weighted by molar-refractivity contribution is 9.10. The van der Waals surface area contributed by atoms with Gasteiger partial charge in [0.15, 0.2) is 6.61 Å². The van der Waals surface area contributed by atoms with Gasteiger partial charge in [-0.25, -0.2) is 14.4 Å². The number of halogens is 2. The van der Waals surface area contributed by atoms with Gasteiger partial charge in [0.25, 0.3) is 5.91 Å². The molecular weight excluding hydrogens is 365 g/mol. The molecule has 0 unspecified atom stereocenters. The molecule has 0 spiro atoms. The topological polar surface area (TPSA) is 64.1 Å². The lowest BCUT2D eigenvalue weighted by Gasteiger charge is -2.08. The molecule has 116 valence electrons. The van der Waals surface area contributed by atoms with Gasteiger partial charge in [-0.1, -0.05) is 28.1 Å². The highest BCUT2D eigenvalue weighted by Gasteiger charge is 2.09. The molecule has 1 N–H and O–H groups in total. The SMILES string of the molecule is O=C(COc1cnc2ccccc2n1)Nc1ccc(Br)cc1F. The van der Waals surface area contributed by atoms with Crippen LogP contribution in [0.3, 0.4) is 0 Å². The summed E-state index contributed by atoms with van der Waals surface area (Å²) < 4.78 is 19.5. The first-order valence-electron chi connectivity index (χ1n) is 6.71. The molecule has 1 aromatic heterocycles. The third-order valence-electron chi connectivity index (χ3n) is 2.98. The van der Waals surface area contributed by atoms with E-state index in [0.717, 1.165) is 5.52 Å². The Balaban J connectivity index is 1.63. The van der Waals surface area contributed by atoms with Crippen molar-refractivity contribution in [2.24, 2.45) is 0 Å². The van der Waals surface area contributed by atoms with Crippen LogP contribution in [0.5, 0.6) is 5.88 Å². The molecule has 0 aliphatic heterocycles. The van der Waals surface area contributed by atoms with Gasteiger partial charge in [-0.3, -0.25) is 4.79 Å². The third-order valence-corrected chi connectivity index (χ3v) is 3.48. The summed E-state index contributed by atoms with van der Waals surface area (Å²) in [6.07, 6.45) is 1.44. The first-order chi connectivity index (χ1) is 11.1. The van der Waals surface area contributed by atoms with Crippen molar-refractivity contribution in [2.75, 3.05) is 11.9 Å². The number of hydrogen-bond donors (Lipinski definition) is 1. The molecule has 0 aliphatic rings. The predicted molar refractivity (Wildman–Crippen MR) is 87.8 cm³/mol. The Morgan fingerprint density at radius 1 is 1.22 bits per heavy atom. The maximum absolute atomic E-state index is 13.6. The number of para-hydroxylation sites is 2. The predicted octanol–water partition coefficient (Wildman–Crippen LogP) is 3.55. The molecule has 0 radical (unpaired) electrons. The fourth-order valence-corrected chi connectivity index (χ4v) is 2.26. The number of carbonyl (C=O) groups excluding carboxylic acids is 1. The Morgan fingerprint density at radius 3 is 2.78 bits per heavy atom. The maximum atomic E-state index is 13.6. The summed E-state index contributed by atoms with van der Waals surface area (Å²) in [4.78, 5) is 20.2. The molecule has 0 atom stereocenters. The molecule has 0 aliphatic carbocycles. The van der Waals surface area contributed by atoms with Gasteiger partial charge >= 0.3 is 0 Å². The highest BCUT2D eigenvalue weighted by Crippen LogP contribution is 2.19. The van der Waals surface area contributed by atoms with Crippen molar-refractivity contribution in [2.45, 2.75) is 0 Å². The number of amides is 1. The number of nitrogens with one attached hydrogen (secondary N) is 1. The van der Waals surface area contributed by atoms with E-state index in [1.165, 1.54) is 18.3 Å².